The number of hydrogen-bond donors (Lipinski definition) is 3. The summed E-state index contributed by atoms with van der Waals surface area (Å²) in [5.74, 6) is -0.725. The van der Waals surface area contributed by atoms with Gasteiger partial charge in [-0.1, -0.05) is 42.5 Å². The van der Waals surface area contributed by atoms with Crippen molar-refractivity contribution in [2.24, 2.45) is 0 Å². The van der Waals surface area contributed by atoms with E-state index in [1.54, 1.807) is 42.5 Å². The van der Waals surface area contributed by atoms with Gasteiger partial charge in [-0.05, 0) is 12.1 Å². The Balaban J connectivity index is 2.01. The van der Waals surface area contributed by atoms with Gasteiger partial charge in [-0.15, -0.1) is 0 Å². The quantitative estimate of drug-likeness (QED) is 0.731. The lowest BCUT2D eigenvalue weighted by atomic mass is 9.98. The number of hydrogen-bond acceptors (Lipinski definition) is 4. The smallest absolute Gasteiger partial charge is 0.327 e. The minimum atomic E-state index is -2.40. The number of rotatable bonds is 1. The van der Waals surface area contributed by atoms with Gasteiger partial charge in [0.2, 0.25) is 11.5 Å². The molecule has 2 atom stereocenters. The van der Waals surface area contributed by atoms with E-state index in [9.17, 15) is 19.8 Å². The third-order valence-electron chi connectivity index (χ3n) is 4.21. The van der Waals surface area contributed by atoms with Crippen LogP contribution in [-0.2, 0) is 5.72 Å². The molecule has 6 nitrogen and oxygen atoms in total. The molecule has 2 aromatic rings. The Morgan fingerprint density at radius 3 is 2.27 bits per heavy atom. The zero-order valence-electron chi connectivity index (χ0n) is 11.4. The van der Waals surface area contributed by atoms with Gasteiger partial charge in [-0.25, -0.2) is 4.79 Å². The van der Waals surface area contributed by atoms with Crippen LogP contribution in [0.5, 0.6) is 0 Å². The molecule has 1 fully saturated rings. The fourth-order valence-electron chi connectivity index (χ4n) is 3.20. The number of ketones is 1. The van der Waals surface area contributed by atoms with Crippen molar-refractivity contribution in [1.29, 1.82) is 0 Å². The highest BCUT2D eigenvalue weighted by atomic mass is 16.4. The van der Waals surface area contributed by atoms with Crippen molar-refractivity contribution in [3.8, 4) is 0 Å². The molecule has 2 aliphatic rings. The highest BCUT2D eigenvalue weighted by molar-refractivity contribution is 6.15. The molecule has 1 aliphatic heterocycles. The van der Waals surface area contributed by atoms with Crippen molar-refractivity contribution in [1.82, 2.24) is 5.32 Å². The molecule has 6 heteroatoms. The average Bonchev–Trinajstić information content (AvgIpc) is 2.84. The van der Waals surface area contributed by atoms with E-state index < -0.39 is 23.3 Å². The predicted molar refractivity (Wildman–Crippen MR) is 77.1 cm³/mol. The van der Waals surface area contributed by atoms with Crippen LogP contribution in [0.2, 0.25) is 0 Å². The van der Waals surface area contributed by atoms with Gasteiger partial charge in [0.05, 0.1) is 0 Å². The first-order valence-electron chi connectivity index (χ1n) is 6.76. The molecule has 0 saturated carbocycles. The van der Waals surface area contributed by atoms with Crippen LogP contribution >= 0.6 is 0 Å². The summed E-state index contributed by atoms with van der Waals surface area (Å²) >= 11 is 0. The van der Waals surface area contributed by atoms with Crippen molar-refractivity contribution in [3.05, 3.63) is 65.7 Å². The summed E-state index contributed by atoms with van der Waals surface area (Å²) in [6.07, 6.45) is 0. The number of carbonyl (C=O) groups excluding carboxylic acids is 2. The van der Waals surface area contributed by atoms with Crippen molar-refractivity contribution in [3.63, 3.8) is 0 Å². The van der Waals surface area contributed by atoms with Gasteiger partial charge in [0.25, 0.3) is 5.72 Å². The maximum absolute atomic E-state index is 12.5. The Morgan fingerprint density at radius 1 is 0.909 bits per heavy atom. The third kappa shape index (κ3) is 1.26. The average molecular weight is 296 g/mol. The van der Waals surface area contributed by atoms with E-state index in [1.807, 2.05) is 0 Å². The number of nitrogens with one attached hydrogen (secondary N) is 1. The molecule has 0 aromatic heterocycles. The lowest BCUT2D eigenvalue weighted by Gasteiger charge is -2.34. The normalized spacial score (nSPS) is 29.3. The summed E-state index contributed by atoms with van der Waals surface area (Å²) in [6, 6.07) is 14.0. The van der Waals surface area contributed by atoms with Crippen LogP contribution in [0, 0.1) is 0 Å². The minimum absolute atomic E-state index is 0.188. The summed E-state index contributed by atoms with van der Waals surface area (Å²) in [5.41, 5.74) is -3.82. The minimum Gasteiger partial charge on any atom is -0.362 e. The number of urea groups is 1. The van der Waals surface area contributed by atoms with Gasteiger partial charge in [-0.2, -0.15) is 0 Å². The molecule has 1 saturated heterocycles. The van der Waals surface area contributed by atoms with Crippen LogP contribution in [0.15, 0.2) is 54.6 Å². The fourth-order valence-corrected chi connectivity index (χ4v) is 3.20. The number of benzene rings is 2. The standard InChI is InChI=1S/C16H12N2O4/c19-13-11-8-4-5-9-12(11)16(22)15(13,21)17-14(20)18(16)10-6-2-1-3-7-10/h1-9,21-22H,(H,17,20)/t15-,16-/m0/s1. The van der Waals surface area contributed by atoms with E-state index in [2.05, 4.69) is 5.32 Å². The monoisotopic (exact) mass is 296 g/mol. The van der Waals surface area contributed by atoms with Crippen LogP contribution < -0.4 is 10.2 Å². The molecule has 2 aromatic carbocycles. The summed E-state index contributed by atoms with van der Waals surface area (Å²) in [7, 11) is 0. The van der Waals surface area contributed by atoms with E-state index in [0.717, 1.165) is 4.90 Å². The van der Waals surface area contributed by atoms with Crippen molar-refractivity contribution in [2.75, 3.05) is 4.90 Å². The van der Waals surface area contributed by atoms with Crippen molar-refractivity contribution in [2.45, 2.75) is 11.4 Å². The molecule has 3 N–H and O–H groups in total. The summed E-state index contributed by atoms with van der Waals surface area (Å²) in [6.45, 7) is 0. The molecule has 1 heterocycles. The number of para-hydroxylation sites is 1. The first-order valence-corrected chi connectivity index (χ1v) is 6.76. The van der Waals surface area contributed by atoms with E-state index >= 15 is 0 Å². The number of anilines is 1. The van der Waals surface area contributed by atoms with Crippen molar-refractivity contribution < 1.29 is 19.8 Å². The Kier molecular flexibility index (Phi) is 2.33. The lowest BCUT2D eigenvalue weighted by Crippen LogP contribution is -2.59. The third-order valence-corrected chi connectivity index (χ3v) is 4.21. The number of nitrogens with zero attached hydrogens (tertiary/aromatic N) is 1. The first-order chi connectivity index (χ1) is 10.5. The Bertz CT molecular complexity index is 807. The number of carbonyl (C=O) groups is 2. The topological polar surface area (TPSA) is 89.9 Å². The fraction of sp³-hybridized carbons (Fsp3) is 0.125. The molecular weight excluding hydrogens is 284 g/mol. The molecule has 2 amide bonds. The summed E-state index contributed by atoms with van der Waals surface area (Å²) in [5, 5.41) is 24.1. The second-order valence-electron chi connectivity index (χ2n) is 5.36. The Labute approximate surface area is 125 Å². The molecule has 22 heavy (non-hydrogen) atoms. The van der Waals surface area contributed by atoms with Gasteiger partial charge in [-0.3, -0.25) is 15.0 Å². The van der Waals surface area contributed by atoms with Gasteiger partial charge in [0, 0.05) is 16.8 Å². The SMILES string of the molecule is O=C1N[C@]2(O)C(=O)c3ccccc3[C@@]2(O)N1c1ccccc1. The highest BCUT2D eigenvalue weighted by Crippen LogP contribution is 2.50. The van der Waals surface area contributed by atoms with E-state index in [4.69, 9.17) is 0 Å². The zero-order valence-corrected chi connectivity index (χ0v) is 11.4. The number of Topliss-reactive ketones (excluding diaryl/α,β-unsaturated/α-hetero) is 1. The highest BCUT2D eigenvalue weighted by Gasteiger charge is 2.72. The Hall–Kier alpha value is -2.70. The maximum Gasteiger partial charge on any atom is 0.327 e. The Morgan fingerprint density at radius 2 is 1.55 bits per heavy atom. The van der Waals surface area contributed by atoms with E-state index in [-0.39, 0.29) is 11.1 Å². The predicted octanol–water partition coefficient (Wildman–Crippen LogP) is 0.946. The number of amides is 2. The molecule has 0 spiro atoms. The summed E-state index contributed by atoms with van der Waals surface area (Å²) in [4.78, 5) is 25.8. The zero-order chi connectivity index (χ0) is 15.5. The van der Waals surface area contributed by atoms with Gasteiger partial charge in [0.15, 0.2) is 0 Å². The molecule has 0 radical (unpaired) electrons. The van der Waals surface area contributed by atoms with Crippen LogP contribution in [0.3, 0.4) is 0 Å². The maximum atomic E-state index is 12.5. The van der Waals surface area contributed by atoms with Crippen LogP contribution in [0.1, 0.15) is 15.9 Å². The second kappa shape index (κ2) is 3.94. The van der Waals surface area contributed by atoms with Gasteiger partial charge < -0.3 is 10.2 Å². The molecule has 1 aliphatic carbocycles. The first kappa shape index (κ1) is 13.0. The van der Waals surface area contributed by atoms with E-state index in [0.29, 0.717) is 5.69 Å². The van der Waals surface area contributed by atoms with Gasteiger partial charge >= 0.3 is 6.03 Å². The lowest BCUT2D eigenvalue weighted by molar-refractivity contribution is -0.109. The molecule has 4 rings (SSSR count). The number of aliphatic hydroxyl groups is 2. The molecule has 0 bridgehead atoms. The summed E-state index contributed by atoms with van der Waals surface area (Å²) < 4.78 is 0. The van der Waals surface area contributed by atoms with Crippen LogP contribution in [0.25, 0.3) is 0 Å². The molecule has 0 unspecified atom stereocenters. The second-order valence-corrected chi connectivity index (χ2v) is 5.36. The molecular formula is C16H12N2O4. The van der Waals surface area contributed by atoms with Gasteiger partial charge in [0.1, 0.15) is 0 Å². The molecule has 110 valence electrons. The van der Waals surface area contributed by atoms with E-state index in [1.165, 1.54) is 12.1 Å². The number of fused-ring (bicyclic) bond motifs is 3. The van der Waals surface area contributed by atoms with Crippen LogP contribution in [-0.4, -0.2) is 27.8 Å². The van der Waals surface area contributed by atoms with Crippen molar-refractivity contribution >= 4 is 17.5 Å². The van der Waals surface area contributed by atoms with Crippen LogP contribution in [0.4, 0.5) is 10.5 Å². The largest absolute Gasteiger partial charge is 0.362 e.